The van der Waals surface area contributed by atoms with Gasteiger partial charge in [-0.05, 0) is 118 Å². The largest absolute Gasteiger partial charge is 0.506 e. The number of aromatic hydroxyl groups is 2. The molecule has 2 aromatic carbocycles. The second-order valence-corrected chi connectivity index (χ2v) is 11.3. The first kappa shape index (κ1) is 22.1. The van der Waals surface area contributed by atoms with Gasteiger partial charge >= 0.3 is 0 Å². The second kappa shape index (κ2) is 8.43. The molecule has 2 aliphatic heterocycles. The van der Waals surface area contributed by atoms with Crippen LogP contribution in [0, 0.1) is 5.92 Å². The first-order valence-electron chi connectivity index (χ1n) is 9.30. The number of phenolic OH excluding ortho intramolecular Hbond substituents is 2. The molecule has 2 aliphatic rings. The highest BCUT2D eigenvalue weighted by Gasteiger charge is 2.44. The normalized spacial score (nSPS) is 21.8. The summed E-state index contributed by atoms with van der Waals surface area (Å²) in [6.45, 7) is 3.81. The van der Waals surface area contributed by atoms with Gasteiger partial charge in [0, 0.05) is 5.41 Å². The maximum atomic E-state index is 10.3. The highest BCUT2D eigenvalue weighted by molar-refractivity contribution is 9.11. The van der Waals surface area contributed by atoms with E-state index >= 15 is 0 Å². The third-order valence-electron chi connectivity index (χ3n) is 5.95. The zero-order chi connectivity index (χ0) is 20.9. The van der Waals surface area contributed by atoms with Crippen molar-refractivity contribution in [3.63, 3.8) is 0 Å². The van der Waals surface area contributed by atoms with Crippen LogP contribution in [0.2, 0.25) is 0 Å². The summed E-state index contributed by atoms with van der Waals surface area (Å²) < 4.78 is 13.7. The van der Waals surface area contributed by atoms with Gasteiger partial charge in [0.1, 0.15) is 11.5 Å². The summed E-state index contributed by atoms with van der Waals surface area (Å²) in [5, 5.41) is 20.5. The molecule has 156 valence electrons. The van der Waals surface area contributed by atoms with Crippen LogP contribution < -0.4 is 0 Å². The van der Waals surface area contributed by atoms with Crippen LogP contribution in [-0.4, -0.2) is 35.6 Å². The summed E-state index contributed by atoms with van der Waals surface area (Å²) in [6.07, 6.45) is 2.38. The molecule has 2 unspecified atom stereocenters. The molecule has 2 atom stereocenters. The van der Waals surface area contributed by atoms with E-state index in [0.717, 1.165) is 37.2 Å². The number of hydrogen-bond acceptors (Lipinski definition) is 4. The van der Waals surface area contributed by atoms with Crippen LogP contribution >= 0.6 is 63.7 Å². The lowest BCUT2D eigenvalue weighted by atomic mass is 9.64. The molecule has 8 heteroatoms. The average molecular weight is 656 g/mol. The van der Waals surface area contributed by atoms with Gasteiger partial charge in [0.05, 0.1) is 43.3 Å². The van der Waals surface area contributed by atoms with Crippen LogP contribution in [0.5, 0.6) is 11.5 Å². The molecule has 2 fully saturated rings. The van der Waals surface area contributed by atoms with E-state index in [-0.39, 0.29) is 29.6 Å². The van der Waals surface area contributed by atoms with Gasteiger partial charge in [-0.3, -0.25) is 0 Å². The summed E-state index contributed by atoms with van der Waals surface area (Å²) in [4.78, 5) is 0. The molecule has 4 rings (SSSR count). The molecule has 29 heavy (non-hydrogen) atoms. The van der Waals surface area contributed by atoms with Gasteiger partial charge < -0.3 is 19.7 Å². The van der Waals surface area contributed by atoms with E-state index in [1.54, 1.807) is 0 Å². The Morgan fingerprint density at radius 2 is 1.14 bits per heavy atom. The van der Waals surface area contributed by atoms with Crippen molar-refractivity contribution in [2.24, 2.45) is 5.92 Å². The smallest absolute Gasteiger partial charge is 0.143 e. The van der Waals surface area contributed by atoms with Crippen LogP contribution in [0.3, 0.4) is 0 Å². The number of epoxide rings is 2. The Morgan fingerprint density at radius 3 is 1.41 bits per heavy atom. The molecule has 2 heterocycles. The van der Waals surface area contributed by atoms with Crippen molar-refractivity contribution in [1.29, 1.82) is 0 Å². The predicted molar refractivity (Wildman–Crippen MR) is 126 cm³/mol. The van der Waals surface area contributed by atoms with Gasteiger partial charge in [0.15, 0.2) is 0 Å². The summed E-state index contributed by atoms with van der Waals surface area (Å²) in [5.74, 6) is 0.600. The first-order chi connectivity index (χ1) is 13.7. The quantitative estimate of drug-likeness (QED) is 0.328. The van der Waals surface area contributed by atoms with E-state index in [0.29, 0.717) is 17.9 Å². The van der Waals surface area contributed by atoms with Crippen LogP contribution in [0.25, 0.3) is 0 Å². The highest BCUT2D eigenvalue weighted by atomic mass is 79.9. The fraction of sp³-hybridized carbons (Fsp3) is 0.429. The minimum atomic E-state index is -0.407. The van der Waals surface area contributed by atoms with Gasteiger partial charge in [0.2, 0.25) is 0 Å². The molecule has 4 nitrogen and oxygen atoms in total. The fourth-order valence-electron chi connectivity index (χ4n) is 3.98. The minimum Gasteiger partial charge on any atom is -0.506 e. The number of ether oxygens (including phenoxy) is 2. The Hall–Kier alpha value is -0.120. The molecule has 0 spiro atoms. The van der Waals surface area contributed by atoms with E-state index < -0.39 is 5.41 Å². The Labute approximate surface area is 203 Å². The van der Waals surface area contributed by atoms with Crippen molar-refractivity contribution in [2.45, 2.75) is 37.4 Å². The van der Waals surface area contributed by atoms with Crippen molar-refractivity contribution in [3.8, 4) is 11.5 Å². The van der Waals surface area contributed by atoms with Gasteiger partial charge in [-0.2, -0.15) is 0 Å². The van der Waals surface area contributed by atoms with Gasteiger partial charge in [-0.25, -0.2) is 0 Å². The van der Waals surface area contributed by atoms with Gasteiger partial charge in [-0.1, -0.05) is 6.92 Å². The molecule has 2 N–H and O–H groups in total. The molecule has 0 amide bonds. The van der Waals surface area contributed by atoms with Crippen molar-refractivity contribution in [3.05, 3.63) is 53.3 Å². The Balaban J connectivity index is 1.89. The SMILES string of the molecule is CC(c1cc(Br)c(O)c(Br)c1)(c1cc(Br)c(O)c(Br)c1)C(CC1CO1)CC1CO1. The molecule has 0 radical (unpaired) electrons. The maximum Gasteiger partial charge on any atom is 0.143 e. The maximum absolute atomic E-state index is 10.3. The summed E-state index contributed by atoms with van der Waals surface area (Å²) in [6, 6.07) is 7.90. The zero-order valence-electron chi connectivity index (χ0n) is 15.6. The van der Waals surface area contributed by atoms with Crippen LogP contribution in [0.4, 0.5) is 0 Å². The Kier molecular flexibility index (Phi) is 6.42. The van der Waals surface area contributed by atoms with E-state index in [4.69, 9.17) is 9.47 Å². The van der Waals surface area contributed by atoms with E-state index in [1.807, 2.05) is 24.3 Å². The average Bonchev–Trinajstić information content (AvgIpc) is 3.58. The lowest BCUT2D eigenvalue weighted by Crippen LogP contribution is -2.35. The van der Waals surface area contributed by atoms with Crippen molar-refractivity contribution < 1.29 is 19.7 Å². The van der Waals surface area contributed by atoms with E-state index in [1.165, 1.54) is 0 Å². The monoisotopic (exact) mass is 652 g/mol. The highest BCUT2D eigenvalue weighted by Crippen LogP contribution is 2.50. The molecule has 0 bridgehead atoms. The lowest BCUT2D eigenvalue weighted by molar-refractivity contribution is 0.240. The van der Waals surface area contributed by atoms with Crippen LogP contribution in [0.15, 0.2) is 42.2 Å². The molecular formula is C21H20Br4O4. The molecule has 2 aromatic rings. The van der Waals surface area contributed by atoms with Crippen LogP contribution in [-0.2, 0) is 14.9 Å². The van der Waals surface area contributed by atoms with Crippen molar-refractivity contribution >= 4 is 63.7 Å². The summed E-state index contributed by atoms with van der Waals surface area (Å²) >= 11 is 14.0. The number of hydrogen-bond donors (Lipinski definition) is 2. The topological polar surface area (TPSA) is 65.5 Å². The van der Waals surface area contributed by atoms with Crippen LogP contribution in [0.1, 0.15) is 30.9 Å². The third-order valence-corrected chi connectivity index (χ3v) is 8.37. The third kappa shape index (κ3) is 4.58. The standard InChI is InChI=1S/C21H20Br4O4/c1-21(11-4-15(22)19(26)16(23)5-11,12-6-17(24)20(27)18(25)7-12)10(2-13-8-28-13)3-14-9-29-14/h4-7,10,13-14,26-27H,2-3,8-9H2,1H3. The Morgan fingerprint density at radius 1 is 0.828 bits per heavy atom. The minimum absolute atomic E-state index is 0.178. The number of phenols is 2. The first-order valence-corrected chi connectivity index (χ1v) is 12.5. The lowest BCUT2D eigenvalue weighted by Gasteiger charge is -2.40. The number of rotatable bonds is 7. The molecule has 0 saturated carbocycles. The summed E-state index contributed by atoms with van der Waals surface area (Å²) in [5.41, 5.74) is 1.71. The Bertz CT molecular complexity index is 823. The fourth-order valence-corrected chi connectivity index (χ4v) is 6.35. The molecular weight excluding hydrogens is 636 g/mol. The van der Waals surface area contributed by atoms with Gasteiger partial charge in [-0.15, -0.1) is 0 Å². The molecule has 2 saturated heterocycles. The van der Waals surface area contributed by atoms with E-state index in [2.05, 4.69) is 70.6 Å². The second-order valence-electron chi connectivity index (χ2n) is 7.86. The number of benzene rings is 2. The zero-order valence-corrected chi connectivity index (χ0v) is 21.9. The van der Waals surface area contributed by atoms with E-state index in [9.17, 15) is 10.2 Å². The predicted octanol–water partition coefficient (Wildman–Crippen LogP) is 6.65. The van der Waals surface area contributed by atoms with Crippen molar-refractivity contribution in [2.75, 3.05) is 13.2 Å². The summed E-state index contributed by atoms with van der Waals surface area (Å²) in [7, 11) is 0. The molecule has 0 aromatic heterocycles. The molecule has 0 aliphatic carbocycles. The van der Waals surface area contributed by atoms with Crippen molar-refractivity contribution in [1.82, 2.24) is 0 Å². The van der Waals surface area contributed by atoms with Gasteiger partial charge in [0.25, 0.3) is 0 Å². The number of halogens is 4.